The molecule has 0 aliphatic carbocycles. The van der Waals surface area contributed by atoms with Gasteiger partial charge >= 0.3 is 0 Å². The Morgan fingerprint density at radius 2 is 2.00 bits per heavy atom. The average molecular weight is 259 g/mol. The van der Waals surface area contributed by atoms with Gasteiger partial charge in [0.1, 0.15) is 10.8 Å². The fourth-order valence-electron chi connectivity index (χ4n) is 1.16. The number of halogens is 2. The summed E-state index contributed by atoms with van der Waals surface area (Å²) in [6.07, 6.45) is 0. The van der Waals surface area contributed by atoms with E-state index in [1.807, 2.05) is 13.0 Å². The lowest BCUT2D eigenvalue weighted by molar-refractivity contribution is 1.39. The van der Waals surface area contributed by atoms with Crippen molar-refractivity contribution < 1.29 is 0 Å². The molecule has 0 atom stereocenters. The minimum atomic E-state index is 0.528. The van der Waals surface area contributed by atoms with Crippen molar-refractivity contribution in [3.8, 4) is 10.6 Å². The molecule has 0 bridgehead atoms. The van der Waals surface area contributed by atoms with Crippen molar-refractivity contribution in [1.82, 2.24) is 4.98 Å². The van der Waals surface area contributed by atoms with E-state index in [-0.39, 0.29) is 0 Å². The van der Waals surface area contributed by atoms with Crippen LogP contribution in [-0.2, 0) is 0 Å². The van der Waals surface area contributed by atoms with E-state index in [9.17, 15) is 0 Å². The quantitative estimate of drug-likeness (QED) is 0.840. The first kappa shape index (κ1) is 10.7. The fourth-order valence-corrected chi connectivity index (χ4v) is 2.29. The van der Waals surface area contributed by atoms with Gasteiger partial charge in [-0.25, -0.2) is 4.98 Å². The SMILES string of the molecule is Cc1sc(-c2ccc(Cl)c(Cl)c2)nc1N. The summed E-state index contributed by atoms with van der Waals surface area (Å²) in [6.45, 7) is 1.94. The zero-order valence-corrected chi connectivity index (χ0v) is 10.2. The van der Waals surface area contributed by atoms with Gasteiger partial charge in [-0.1, -0.05) is 29.3 Å². The van der Waals surface area contributed by atoms with Crippen LogP contribution in [0.2, 0.25) is 10.0 Å². The maximum absolute atomic E-state index is 5.92. The van der Waals surface area contributed by atoms with Crippen molar-refractivity contribution in [1.29, 1.82) is 0 Å². The van der Waals surface area contributed by atoms with Crippen LogP contribution in [0.5, 0.6) is 0 Å². The second kappa shape index (κ2) is 4.00. The normalized spacial score (nSPS) is 10.6. The second-order valence-corrected chi connectivity index (χ2v) is 5.11. The molecule has 0 saturated heterocycles. The van der Waals surface area contributed by atoms with Gasteiger partial charge in [-0.05, 0) is 19.1 Å². The number of nitrogen functional groups attached to an aromatic ring is 1. The zero-order valence-electron chi connectivity index (χ0n) is 7.92. The molecule has 78 valence electrons. The predicted molar refractivity (Wildman–Crippen MR) is 66.7 cm³/mol. The van der Waals surface area contributed by atoms with Crippen molar-refractivity contribution in [3.05, 3.63) is 33.1 Å². The molecule has 0 fully saturated rings. The summed E-state index contributed by atoms with van der Waals surface area (Å²) in [4.78, 5) is 5.26. The number of hydrogen-bond acceptors (Lipinski definition) is 3. The van der Waals surface area contributed by atoms with Crippen LogP contribution >= 0.6 is 34.5 Å². The van der Waals surface area contributed by atoms with Gasteiger partial charge in [0.05, 0.1) is 10.0 Å². The molecule has 0 aliphatic rings. The predicted octanol–water partition coefficient (Wildman–Crippen LogP) is 4.01. The number of benzene rings is 1. The van der Waals surface area contributed by atoms with E-state index in [4.69, 9.17) is 28.9 Å². The molecule has 0 radical (unpaired) electrons. The van der Waals surface area contributed by atoms with Gasteiger partial charge in [-0.2, -0.15) is 0 Å². The first-order valence-electron chi connectivity index (χ1n) is 4.26. The minimum Gasteiger partial charge on any atom is -0.383 e. The fraction of sp³-hybridized carbons (Fsp3) is 0.100. The van der Waals surface area contributed by atoms with Crippen LogP contribution < -0.4 is 5.73 Å². The molecule has 15 heavy (non-hydrogen) atoms. The summed E-state index contributed by atoms with van der Waals surface area (Å²) in [7, 11) is 0. The Kier molecular flexibility index (Phi) is 2.87. The molecule has 0 saturated carbocycles. The van der Waals surface area contributed by atoms with E-state index >= 15 is 0 Å². The minimum absolute atomic E-state index is 0.528. The van der Waals surface area contributed by atoms with Crippen LogP contribution in [0.3, 0.4) is 0 Å². The molecule has 2 aromatic rings. The number of nitrogens with two attached hydrogens (primary N) is 1. The average Bonchev–Trinajstić information content (AvgIpc) is 2.52. The molecule has 2 N–H and O–H groups in total. The number of nitrogens with zero attached hydrogens (tertiary/aromatic N) is 1. The maximum Gasteiger partial charge on any atom is 0.138 e. The molecule has 2 rings (SSSR count). The number of hydrogen-bond donors (Lipinski definition) is 1. The highest BCUT2D eigenvalue weighted by Crippen LogP contribution is 2.32. The van der Waals surface area contributed by atoms with E-state index in [2.05, 4.69) is 4.98 Å². The first-order valence-corrected chi connectivity index (χ1v) is 5.83. The second-order valence-electron chi connectivity index (χ2n) is 3.09. The topological polar surface area (TPSA) is 38.9 Å². The van der Waals surface area contributed by atoms with Crippen LogP contribution in [0.4, 0.5) is 5.82 Å². The number of aryl methyl sites for hydroxylation is 1. The number of aromatic nitrogens is 1. The van der Waals surface area contributed by atoms with Crippen LogP contribution in [-0.4, -0.2) is 4.98 Å². The number of anilines is 1. The number of thiazole rings is 1. The van der Waals surface area contributed by atoms with Crippen molar-refractivity contribution in [3.63, 3.8) is 0 Å². The van der Waals surface area contributed by atoms with Crippen molar-refractivity contribution in [2.75, 3.05) is 5.73 Å². The van der Waals surface area contributed by atoms with Gasteiger partial charge in [0, 0.05) is 10.4 Å². The molecular formula is C10H8Cl2N2S. The summed E-state index contributed by atoms with van der Waals surface area (Å²) < 4.78 is 0. The first-order chi connectivity index (χ1) is 7.08. The van der Waals surface area contributed by atoms with E-state index in [0.717, 1.165) is 15.4 Å². The third-order valence-electron chi connectivity index (χ3n) is 2.00. The lowest BCUT2D eigenvalue weighted by Crippen LogP contribution is -1.86. The summed E-state index contributed by atoms with van der Waals surface area (Å²) in [5.74, 6) is 0.570. The Bertz CT molecular complexity index is 489. The van der Waals surface area contributed by atoms with Crippen molar-refractivity contribution in [2.24, 2.45) is 0 Å². The molecule has 0 aliphatic heterocycles. The summed E-state index contributed by atoms with van der Waals surface area (Å²) in [6, 6.07) is 5.43. The van der Waals surface area contributed by atoms with Gasteiger partial charge in [0.15, 0.2) is 0 Å². The Morgan fingerprint density at radius 3 is 2.53 bits per heavy atom. The molecule has 1 aromatic heterocycles. The monoisotopic (exact) mass is 258 g/mol. The van der Waals surface area contributed by atoms with E-state index in [1.165, 1.54) is 0 Å². The smallest absolute Gasteiger partial charge is 0.138 e. The highest BCUT2D eigenvalue weighted by Gasteiger charge is 2.08. The molecule has 1 aromatic carbocycles. The summed E-state index contributed by atoms with van der Waals surface area (Å²) in [5, 5.41) is 1.94. The maximum atomic E-state index is 5.92. The highest BCUT2D eigenvalue weighted by atomic mass is 35.5. The van der Waals surface area contributed by atoms with E-state index in [1.54, 1.807) is 23.5 Å². The largest absolute Gasteiger partial charge is 0.383 e. The lowest BCUT2D eigenvalue weighted by Gasteiger charge is -1.98. The molecular weight excluding hydrogens is 251 g/mol. The Labute approximate surface area is 102 Å². The van der Waals surface area contributed by atoms with Crippen LogP contribution in [0.1, 0.15) is 4.88 Å². The van der Waals surface area contributed by atoms with Crippen molar-refractivity contribution in [2.45, 2.75) is 6.92 Å². The Hall–Kier alpha value is -0.770. The van der Waals surface area contributed by atoms with Crippen LogP contribution in [0.25, 0.3) is 10.6 Å². The van der Waals surface area contributed by atoms with Gasteiger partial charge in [-0.15, -0.1) is 11.3 Å². The van der Waals surface area contributed by atoms with Gasteiger partial charge in [-0.3, -0.25) is 0 Å². The standard InChI is InChI=1S/C10H8Cl2N2S/c1-5-9(13)14-10(15-5)6-2-3-7(11)8(12)4-6/h2-4H,13H2,1H3. The molecule has 0 amide bonds. The summed E-state index contributed by atoms with van der Waals surface area (Å²) >= 11 is 13.3. The number of rotatable bonds is 1. The van der Waals surface area contributed by atoms with Crippen molar-refractivity contribution >= 4 is 40.4 Å². The van der Waals surface area contributed by atoms with Gasteiger partial charge in [0.25, 0.3) is 0 Å². The third-order valence-corrected chi connectivity index (χ3v) is 3.77. The van der Waals surface area contributed by atoms with Gasteiger partial charge in [0.2, 0.25) is 0 Å². The summed E-state index contributed by atoms with van der Waals surface area (Å²) in [5.41, 5.74) is 6.63. The lowest BCUT2D eigenvalue weighted by atomic mass is 10.2. The van der Waals surface area contributed by atoms with E-state index in [0.29, 0.717) is 15.9 Å². The third kappa shape index (κ3) is 2.09. The zero-order chi connectivity index (χ0) is 11.0. The van der Waals surface area contributed by atoms with Crippen LogP contribution in [0.15, 0.2) is 18.2 Å². The Balaban J connectivity index is 2.49. The van der Waals surface area contributed by atoms with E-state index < -0.39 is 0 Å². The Morgan fingerprint density at radius 1 is 1.27 bits per heavy atom. The van der Waals surface area contributed by atoms with Crippen LogP contribution in [0, 0.1) is 6.92 Å². The molecule has 0 unspecified atom stereocenters. The highest BCUT2D eigenvalue weighted by molar-refractivity contribution is 7.15. The molecule has 0 spiro atoms. The molecule has 5 heteroatoms. The molecule has 1 heterocycles. The molecule has 2 nitrogen and oxygen atoms in total. The van der Waals surface area contributed by atoms with Gasteiger partial charge < -0.3 is 5.73 Å².